The predicted molar refractivity (Wildman–Crippen MR) is 120 cm³/mol. The summed E-state index contributed by atoms with van der Waals surface area (Å²) >= 11 is 0. The molecule has 0 amide bonds. The van der Waals surface area contributed by atoms with E-state index in [0.717, 1.165) is 35.7 Å². The summed E-state index contributed by atoms with van der Waals surface area (Å²) in [7, 11) is 0. The van der Waals surface area contributed by atoms with Crippen LogP contribution >= 0.6 is 0 Å². The van der Waals surface area contributed by atoms with E-state index in [1.54, 1.807) is 24.3 Å². The number of nitrogens with zero attached hydrogens (tertiary/aromatic N) is 2. The summed E-state index contributed by atoms with van der Waals surface area (Å²) in [5, 5.41) is 8.71. The Morgan fingerprint density at radius 2 is 1.55 bits per heavy atom. The van der Waals surface area contributed by atoms with Crippen molar-refractivity contribution in [3.63, 3.8) is 0 Å². The van der Waals surface area contributed by atoms with Gasteiger partial charge < -0.3 is 19.5 Å². The molecule has 0 saturated carbocycles. The molecular formula is C25H26N2O4. The van der Waals surface area contributed by atoms with Gasteiger partial charge in [0.2, 0.25) is 0 Å². The second-order valence-electron chi connectivity index (χ2n) is 7.54. The minimum atomic E-state index is -1.00. The van der Waals surface area contributed by atoms with Gasteiger partial charge in [0.25, 0.3) is 0 Å². The van der Waals surface area contributed by atoms with Crippen LogP contribution < -0.4 is 14.4 Å². The summed E-state index contributed by atoms with van der Waals surface area (Å²) in [6, 6.07) is 21.3. The first-order valence-electron chi connectivity index (χ1n) is 10.6. The van der Waals surface area contributed by atoms with Crippen LogP contribution in [0.25, 0.3) is 11.3 Å². The van der Waals surface area contributed by atoms with Gasteiger partial charge in [-0.1, -0.05) is 30.3 Å². The molecule has 0 bridgehead atoms. The fourth-order valence-corrected chi connectivity index (χ4v) is 3.68. The van der Waals surface area contributed by atoms with E-state index in [-0.39, 0.29) is 6.61 Å². The second kappa shape index (κ2) is 9.98. The molecule has 2 heterocycles. The Morgan fingerprint density at radius 1 is 0.871 bits per heavy atom. The number of hydrogen-bond donors (Lipinski definition) is 1. The Bertz CT molecular complexity index is 1000. The van der Waals surface area contributed by atoms with E-state index < -0.39 is 5.97 Å². The molecule has 1 aliphatic rings. The molecule has 1 aromatic heterocycles. The van der Waals surface area contributed by atoms with E-state index in [2.05, 4.69) is 23.1 Å². The molecule has 3 aromatic rings. The van der Waals surface area contributed by atoms with E-state index in [9.17, 15) is 4.79 Å². The SMILES string of the molecule is O=C(O)COc1ccc(OCc2ccc(-c3ccccc3)nc2N2CCCCC2)cc1. The van der Waals surface area contributed by atoms with E-state index in [4.69, 9.17) is 19.6 Å². The smallest absolute Gasteiger partial charge is 0.341 e. The molecular weight excluding hydrogens is 392 g/mol. The van der Waals surface area contributed by atoms with Crippen molar-refractivity contribution in [2.75, 3.05) is 24.6 Å². The third-order valence-electron chi connectivity index (χ3n) is 5.26. The van der Waals surface area contributed by atoms with Crippen molar-refractivity contribution >= 4 is 11.8 Å². The van der Waals surface area contributed by atoms with Crippen molar-refractivity contribution in [2.45, 2.75) is 25.9 Å². The number of carbonyl (C=O) groups is 1. The zero-order valence-electron chi connectivity index (χ0n) is 17.4. The molecule has 1 fully saturated rings. The number of rotatable bonds is 8. The Hall–Kier alpha value is -3.54. The average Bonchev–Trinajstić information content (AvgIpc) is 2.83. The first-order valence-corrected chi connectivity index (χ1v) is 10.6. The largest absolute Gasteiger partial charge is 0.489 e. The van der Waals surface area contributed by atoms with Crippen molar-refractivity contribution in [1.29, 1.82) is 0 Å². The molecule has 2 aromatic carbocycles. The molecule has 160 valence electrons. The normalized spacial score (nSPS) is 13.6. The third kappa shape index (κ3) is 5.54. The van der Waals surface area contributed by atoms with Gasteiger partial charge >= 0.3 is 5.97 Å². The maximum atomic E-state index is 10.6. The highest BCUT2D eigenvalue weighted by atomic mass is 16.5. The van der Waals surface area contributed by atoms with Crippen LogP contribution in [0, 0.1) is 0 Å². The number of hydrogen-bond acceptors (Lipinski definition) is 5. The summed E-state index contributed by atoms with van der Waals surface area (Å²) in [6.07, 6.45) is 3.61. The van der Waals surface area contributed by atoms with Crippen LogP contribution in [0.4, 0.5) is 5.82 Å². The summed E-state index contributed by atoms with van der Waals surface area (Å²) in [6.45, 7) is 2.06. The first kappa shape index (κ1) is 20.7. The van der Waals surface area contributed by atoms with E-state index in [1.165, 1.54) is 19.3 Å². The highest BCUT2D eigenvalue weighted by Crippen LogP contribution is 2.28. The maximum Gasteiger partial charge on any atom is 0.341 e. The Labute approximate surface area is 182 Å². The number of benzene rings is 2. The van der Waals surface area contributed by atoms with Gasteiger partial charge in [-0.15, -0.1) is 0 Å². The van der Waals surface area contributed by atoms with Crippen molar-refractivity contribution in [3.8, 4) is 22.8 Å². The molecule has 0 radical (unpaired) electrons. The molecule has 0 aliphatic carbocycles. The summed E-state index contributed by atoms with van der Waals surface area (Å²) in [5.41, 5.74) is 3.11. The Kier molecular flexibility index (Phi) is 6.67. The lowest BCUT2D eigenvalue weighted by Crippen LogP contribution is -2.31. The van der Waals surface area contributed by atoms with Crippen LogP contribution in [0.5, 0.6) is 11.5 Å². The zero-order chi connectivity index (χ0) is 21.5. The van der Waals surface area contributed by atoms with Crippen LogP contribution in [0.15, 0.2) is 66.7 Å². The minimum Gasteiger partial charge on any atom is -0.489 e. The molecule has 6 heteroatoms. The first-order chi connectivity index (χ1) is 15.2. The zero-order valence-corrected chi connectivity index (χ0v) is 17.4. The van der Waals surface area contributed by atoms with Gasteiger partial charge in [-0.05, 0) is 55.7 Å². The summed E-state index contributed by atoms with van der Waals surface area (Å²) in [4.78, 5) is 18.0. The molecule has 0 unspecified atom stereocenters. The standard InChI is InChI=1S/C25H26N2O4/c28-24(29)18-31-22-12-10-21(11-13-22)30-17-20-9-14-23(19-7-3-1-4-8-19)26-25(20)27-15-5-2-6-16-27/h1,3-4,7-14H,2,5-6,15-18H2,(H,28,29). The fourth-order valence-electron chi connectivity index (χ4n) is 3.68. The number of ether oxygens (including phenoxy) is 2. The fraction of sp³-hybridized carbons (Fsp3) is 0.280. The minimum absolute atomic E-state index is 0.362. The Morgan fingerprint density at radius 3 is 2.23 bits per heavy atom. The predicted octanol–water partition coefficient (Wildman–Crippen LogP) is 4.78. The van der Waals surface area contributed by atoms with Gasteiger partial charge in [-0.3, -0.25) is 0 Å². The quantitative estimate of drug-likeness (QED) is 0.568. The van der Waals surface area contributed by atoms with Crippen LogP contribution in [0.1, 0.15) is 24.8 Å². The van der Waals surface area contributed by atoms with Crippen LogP contribution in [-0.2, 0) is 11.4 Å². The number of carboxylic acids is 1. The third-order valence-corrected chi connectivity index (χ3v) is 5.26. The van der Waals surface area contributed by atoms with Gasteiger partial charge in [0.1, 0.15) is 23.9 Å². The second-order valence-corrected chi connectivity index (χ2v) is 7.54. The van der Waals surface area contributed by atoms with Crippen LogP contribution in [-0.4, -0.2) is 35.8 Å². The average molecular weight is 418 g/mol. The molecule has 6 nitrogen and oxygen atoms in total. The van der Waals surface area contributed by atoms with Crippen LogP contribution in [0.3, 0.4) is 0 Å². The van der Waals surface area contributed by atoms with E-state index >= 15 is 0 Å². The molecule has 31 heavy (non-hydrogen) atoms. The Balaban J connectivity index is 1.51. The lowest BCUT2D eigenvalue weighted by atomic mass is 10.1. The van der Waals surface area contributed by atoms with E-state index in [0.29, 0.717) is 18.1 Å². The number of anilines is 1. The van der Waals surface area contributed by atoms with Gasteiger partial charge in [0.05, 0.1) is 5.69 Å². The maximum absolute atomic E-state index is 10.6. The highest BCUT2D eigenvalue weighted by Gasteiger charge is 2.17. The number of piperidine rings is 1. The van der Waals surface area contributed by atoms with Gasteiger partial charge in [-0.2, -0.15) is 0 Å². The van der Waals surface area contributed by atoms with Crippen molar-refractivity contribution in [2.24, 2.45) is 0 Å². The van der Waals surface area contributed by atoms with Gasteiger partial charge in [-0.25, -0.2) is 9.78 Å². The monoisotopic (exact) mass is 418 g/mol. The van der Waals surface area contributed by atoms with E-state index in [1.807, 2.05) is 24.3 Å². The lowest BCUT2D eigenvalue weighted by molar-refractivity contribution is -0.139. The molecule has 1 N–H and O–H groups in total. The number of pyridine rings is 1. The van der Waals surface area contributed by atoms with Crippen molar-refractivity contribution in [1.82, 2.24) is 4.98 Å². The number of carboxylic acid groups (broad SMARTS) is 1. The molecule has 4 rings (SSSR count). The van der Waals surface area contributed by atoms with Crippen molar-refractivity contribution < 1.29 is 19.4 Å². The molecule has 1 saturated heterocycles. The topological polar surface area (TPSA) is 71.9 Å². The number of aromatic nitrogens is 1. The van der Waals surface area contributed by atoms with Crippen LogP contribution in [0.2, 0.25) is 0 Å². The summed E-state index contributed by atoms with van der Waals surface area (Å²) in [5.74, 6) is 1.18. The number of aliphatic carboxylic acids is 1. The van der Waals surface area contributed by atoms with Crippen molar-refractivity contribution in [3.05, 3.63) is 72.3 Å². The summed E-state index contributed by atoms with van der Waals surface area (Å²) < 4.78 is 11.2. The molecule has 0 spiro atoms. The lowest BCUT2D eigenvalue weighted by Gasteiger charge is -2.30. The molecule has 1 aliphatic heterocycles. The molecule has 0 atom stereocenters. The van der Waals surface area contributed by atoms with Gasteiger partial charge in [0.15, 0.2) is 6.61 Å². The highest BCUT2D eigenvalue weighted by molar-refractivity contribution is 5.68. The van der Waals surface area contributed by atoms with Gasteiger partial charge in [0, 0.05) is 24.2 Å².